The zero-order valence-electron chi connectivity index (χ0n) is 16.0. The molecule has 0 fully saturated rings. The Kier molecular flexibility index (Phi) is 4.98. The van der Waals surface area contributed by atoms with Crippen LogP contribution in [-0.2, 0) is 4.79 Å². The normalized spacial score (nSPS) is 16.0. The zero-order chi connectivity index (χ0) is 20.5. The Morgan fingerprint density at radius 1 is 1.21 bits per heavy atom. The second-order valence-corrected chi connectivity index (χ2v) is 7.25. The third-order valence-electron chi connectivity index (χ3n) is 5.10. The van der Waals surface area contributed by atoms with Crippen molar-refractivity contribution in [2.75, 3.05) is 25.5 Å². The molecule has 0 unspecified atom stereocenters. The molecule has 148 valence electrons. The molecule has 7 nitrogen and oxygen atoms in total. The summed E-state index contributed by atoms with van der Waals surface area (Å²) in [6, 6.07) is 14.7. The quantitative estimate of drug-likeness (QED) is 0.693. The number of nitrogens with one attached hydrogen (secondary N) is 2. The largest absolute Gasteiger partial charge is 0.358 e. The van der Waals surface area contributed by atoms with E-state index in [9.17, 15) is 9.59 Å². The molecule has 4 rings (SSSR count). The molecule has 3 aromatic rings. The molecule has 0 aliphatic carbocycles. The third kappa shape index (κ3) is 3.34. The van der Waals surface area contributed by atoms with Crippen LogP contribution < -0.4 is 10.2 Å². The highest BCUT2D eigenvalue weighted by Gasteiger charge is 2.38. The first-order valence-electron chi connectivity index (χ1n) is 9.14. The maximum atomic E-state index is 13.1. The lowest BCUT2D eigenvalue weighted by Gasteiger charge is -2.43. The highest BCUT2D eigenvalue weighted by atomic mass is 35.5. The van der Waals surface area contributed by atoms with Crippen molar-refractivity contribution < 1.29 is 9.59 Å². The molecule has 1 aliphatic heterocycles. The average molecular weight is 410 g/mol. The molecule has 2 amide bonds. The van der Waals surface area contributed by atoms with Gasteiger partial charge in [-0.3, -0.25) is 14.7 Å². The number of fused-ring (bicyclic) bond motifs is 1. The van der Waals surface area contributed by atoms with Crippen LogP contribution in [0.25, 0.3) is 11.3 Å². The van der Waals surface area contributed by atoms with Crippen LogP contribution in [-0.4, -0.2) is 47.6 Å². The minimum absolute atomic E-state index is 0.0983. The molecule has 0 saturated carbocycles. The Hall–Kier alpha value is -3.32. The van der Waals surface area contributed by atoms with Crippen molar-refractivity contribution in [3.63, 3.8) is 0 Å². The number of likely N-dealkylation sites (N-methyl/N-ethyl adjacent to an activating group) is 1. The van der Waals surface area contributed by atoms with Crippen molar-refractivity contribution in [1.29, 1.82) is 0 Å². The van der Waals surface area contributed by atoms with Gasteiger partial charge in [0.25, 0.3) is 5.91 Å². The van der Waals surface area contributed by atoms with Crippen LogP contribution in [0.4, 0.5) is 5.69 Å². The van der Waals surface area contributed by atoms with Crippen LogP contribution in [0.2, 0.25) is 5.02 Å². The van der Waals surface area contributed by atoms with Gasteiger partial charge in [-0.2, -0.15) is 5.10 Å². The lowest BCUT2D eigenvalue weighted by molar-refractivity contribution is -0.119. The van der Waals surface area contributed by atoms with Crippen molar-refractivity contribution in [2.24, 2.45) is 0 Å². The van der Waals surface area contributed by atoms with Gasteiger partial charge in [-0.1, -0.05) is 35.9 Å². The summed E-state index contributed by atoms with van der Waals surface area (Å²) in [5, 5.41) is 10.5. The van der Waals surface area contributed by atoms with Gasteiger partial charge < -0.3 is 15.1 Å². The number of carbonyl (C=O) groups is 2. The fraction of sp³-hybridized carbons (Fsp3) is 0.190. The van der Waals surface area contributed by atoms with Crippen molar-refractivity contribution in [1.82, 2.24) is 20.4 Å². The predicted octanol–water partition coefficient (Wildman–Crippen LogP) is 3.07. The van der Waals surface area contributed by atoms with Gasteiger partial charge in [-0.05, 0) is 24.3 Å². The lowest BCUT2D eigenvalue weighted by atomic mass is 9.99. The van der Waals surface area contributed by atoms with E-state index in [1.807, 2.05) is 35.2 Å². The summed E-state index contributed by atoms with van der Waals surface area (Å²) in [5.74, 6) is -0.258. The van der Waals surface area contributed by atoms with E-state index >= 15 is 0 Å². The van der Waals surface area contributed by atoms with E-state index in [2.05, 4.69) is 15.5 Å². The summed E-state index contributed by atoms with van der Waals surface area (Å²) in [6.45, 7) is 0.0983. The molecule has 2 aromatic carbocycles. The van der Waals surface area contributed by atoms with E-state index in [-0.39, 0.29) is 18.4 Å². The number of hydrogen-bond donors (Lipinski definition) is 2. The first-order chi connectivity index (χ1) is 14.0. The van der Waals surface area contributed by atoms with E-state index in [0.29, 0.717) is 16.3 Å². The molecule has 0 spiro atoms. The number of rotatable bonds is 4. The average Bonchev–Trinajstić information content (AvgIpc) is 3.21. The number of hydrogen-bond acceptors (Lipinski definition) is 4. The molecule has 0 saturated heterocycles. The zero-order valence-corrected chi connectivity index (χ0v) is 16.8. The van der Waals surface area contributed by atoms with Crippen LogP contribution in [0.1, 0.15) is 22.1 Å². The molecular formula is C21H20ClN5O2. The molecule has 2 N–H and O–H groups in total. The standard InChI is InChI=1S/C21H20ClN5O2/c1-23-18(28)12-27-17-6-4-3-5-15(17)21(29)26(2)20(27)16-11-24-25-19(16)13-7-9-14(22)10-8-13/h3-11,20H,12H2,1-2H3,(H,23,28)(H,24,25)/t20-/m0/s1. The highest BCUT2D eigenvalue weighted by molar-refractivity contribution is 6.30. The number of aromatic nitrogens is 2. The molecule has 1 aliphatic rings. The Labute approximate surface area is 173 Å². The molecule has 2 heterocycles. The van der Waals surface area contributed by atoms with E-state index < -0.39 is 6.17 Å². The summed E-state index contributed by atoms with van der Waals surface area (Å²) >= 11 is 6.03. The number of aromatic amines is 1. The number of anilines is 1. The molecule has 1 atom stereocenters. The van der Waals surface area contributed by atoms with Gasteiger partial charge in [0.1, 0.15) is 6.17 Å². The molecule has 0 bridgehead atoms. The number of halogens is 1. The second kappa shape index (κ2) is 7.60. The molecule has 29 heavy (non-hydrogen) atoms. The number of amides is 2. The maximum absolute atomic E-state index is 13.1. The van der Waals surface area contributed by atoms with Crippen LogP contribution in [0.3, 0.4) is 0 Å². The van der Waals surface area contributed by atoms with Crippen LogP contribution >= 0.6 is 11.6 Å². The third-order valence-corrected chi connectivity index (χ3v) is 5.35. The molecule has 1 aromatic heterocycles. The summed E-state index contributed by atoms with van der Waals surface area (Å²) < 4.78 is 0. The lowest BCUT2D eigenvalue weighted by Crippen LogP contribution is -2.50. The minimum atomic E-state index is -0.501. The van der Waals surface area contributed by atoms with Crippen molar-refractivity contribution in [3.05, 3.63) is 70.9 Å². The smallest absolute Gasteiger partial charge is 0.257 e. The van der Waals surface area contributed by atoms with Gasteiger partial charge in [0, 0.05) is 30.2 Å². The van der Waals surface area contributed by atoms with E-state index in [1.165, 1.54) is 0 Å². The SMILES string of the molecule is CNC(=O)CN1c2ccccc2C(=O)N(C)[C@@H]1c1cn[nH]c1-c1ccc(Cl)cc1. The number of H-pyrrole nitrogens is 1. The van der Waals surface area contributed by atoms with Gasteiger partial charge in [0.2, 0.25) is 5.91 Å². The number of nitrogens with zero attached hydrogens (tertiary/aromatic N) is 3. The predicted molar refractivity (Wildman–Crippen MR) is 112 cm³/mol. The number of para-hydroxylation sites is 1. The first kappa shape index (κ1) is 19.0. The van der Waals surface area contributed by atoms with Crippen molar-refractivity contribution >= 4 is 29.1 Å². The first-order valence-corrected chi connectivity index (χ1v) is 9.51. The maximum Gasteiger partial charge on any atom is 0.257 e. The topological polar surface area (TPSA) is 81.3 Å². The van der Waals surface area contributed by atoms with E-state index in [1.54, 1.807) is 43.4 Å². The molecular weight excluding hydrogens is 390 g/mol. The van der Waals surface area contributed by atoms with E-state index in [0.717, 1.165) is 16.8 Å². The van der Waals surface area contributed by atoms with Gasteiger partial charge in [-0.15, -0.1) is 0 Å². The summed E-state index contributed by atoms with van der Waals surface area (Å²) in [4.78, 5) is 28.9. The van der Waals surface area contributed by atoms with Crippen LogP contribution in [0.15, 0.2) is 54.7 Å². The minimum Gasteiger partial charge on any atom is -0.358 e. The Bertz CT molecular complexity index is 1060. The van der Waals surface area contributed by atoms with Crippen molar-refractivity contribution in [2.45, 2.75) is 6.17 Å². The summed E-state index contributed by atoms with van der Waals surface area (Å²) in [5.41, 5.74) is 3.73. The number of carbonyl (C=O) groups excluding carboxylic acids is 2. The van der Waals surface area contributed by atoms with Gasteiger partial charge >= 0.3 is 0 Å². The van der Waals surface area contributed by atoms with Gasteiger partial charge in [0.15, 0.2) is 0 Å². The fourth-order valence-electron chi connectivity index (χ4n) is 3.67. The van der Waals surface area contributed by atoms with Crippen LogP contribution in [0.5, 0.6) is 0 Å². The summed E-state index contributed by atoms with van der Waals surface area (Å²) in [6.07, 6.45) is 1.20. The van der Waals surface area contributed by atoms with Gasteiger partial charge in [0.05, 0.1) is 29.7 Å². The monoisotopic (exact) mass is 409 g/mol. The Morgan fingerprint density at radius 2 is 1.93 bits per heavy atom. The van der Waals surface area contributed by atoms with E-state index in [4.69, 9.17) is 11.6 Å². The fourth-order valence-corrected chi connectivity index (χ4v) is 3.79. The van der Waals surface area contributed by atoms with Gasteiger partial charge in [-0.25, -0.2) is 0 Å². The second-order valence-electron chi connectivity index (χ2n) is 6.82. The molecule has 0 radical (unpaired) electrons. The van der Waals surface area contributed by atoms with Crippen LogP contribution in [0, 0.1) is 0 Å². The highest BCUT2D eigenvalue weighted by Crippen LogP contribution is 2.40. The Morgan fingerprint density at radius 3 is 2.66 bits per heavy atom. The van der Waals surface area contributed by atoms with Crippen molar-refractivity contribution in [3.8, 4) is 11.3 Å². The summed E-state index contributed by atoms with van der Waals surface area (Å²) in [7, 11) is 3.33. The molecule has 8 heteroatoms. The number of benzene rings is 2. The Balaban J connectivity index is 1.85.